The van der Waals surface area contributed by atoms with Crippen molar-refractivity contribution < 1.29 is 9.15 Å². The van der Waals surface area contributed by atoms with Gasteiger partial charge in [-0.25, -0.2) is 0 Å². The van der Waals surface area contributed by atoms with Crippen LogP contribution in [-0.2, 0) is 0 Å². The minimum absolute atomic E-state index is 0.00585. The highest BCUT2D eigenvalue weighted by atomic mass is 16.5. The summed E-state index contributed by atoms with van der Waals surface area (Å²) >= 11 is 0. The number of furan rings is 1. The number of benzene rings is 7. The molecule has 0 fully saturated rings. The van der Waals surface area contributed by atoms with E-state index in [1.165, 1.54) is 27.8 Å². The summed E-state index contributed by atoms with van der Waals surface area (Å²) in [7, 11) is 0. The van der Waals surface area contributed by atoms with E-state index in [2.05, 4.69) is 149 Å². The van der Waals surface area contributed by atoms with Gasteiger partial charge in [0.05, 0.1) is 0 Å². The van der Waals surface area contributed by atoms with Crippen molar-refractivity contribution in [1.82, 2.24) is 0 Å². The van der Waals surface area contributed by atoms with Gasteiger partial charge >= 0.3 is 0 Å². The van der Waals surface area contributed by atoms with Crippen LogP contribution in [0.4, 0.5) is 34.1 Å². The molecule has 0 bridgehead atoms. The number of hydrogen-bond acceptors (Lipinski definition) is 4. The molecule has 0 N–H and O–H groups in total. The Labute approximate surface area is 271 Å². The Morgan fingerprint density at radius 2 is 1.02 bits per heavy atom. The van der Waals surface area contributed by atoms with Gasteiger partial charge in [0.25, 0.3) is 6.71 Å². The van der Waals surface area contributed by atoms with E-state index in [0.717, 1.165) is 67.3 Å². The third-order valence-electron chi connectivity index (χ3n) is 10.0. The SMILES string of the molecule is c1ccc(N2c3cccc4c3B3c5c2cccc5N(c2ccccc2)c2ccc(-c5cccc6oc7ccccc7c56)c(c23)O4)cc1. The van der Waals surface area contributed by atoms with Gasteiger partial charge in [-0.05, 0) is 94.7 Å². The summed E-state index contributed by atoms with van der Waals surface area (Å²) < 4.78 is 13.5. The lowest BCUT2D eigenvalue weighted by Gasteiger charge is -2.46. The van der Waals surface area contributed by atoms with Crippen LogP contribution in [-0.4, -0.2) is 6.71 Å². The van der Waals surface area contributed by atoms with Crippen molar-refractivity contribution >= 4 is 79.2 Å². The molecule has 1 aromatic heterocycles. The molecule has 47 heavy (non-hydrogen) atoms. The number of ether oxygens (including phenoxy) is 1. The molecule has 0 saturated heterocycles. The largest absolute Gasteiger partial charge is 0.458 e. The van der Waals surface area contributed by atoms with E-state index in [1.54, 1.807) is 0 Å². The van der Waals surface area contributed by atoms with Gasteiger partial charge in [0.1, 0.15) is 22.7 Å². The highest BCUT2D eigenvalue weighted by Gasteiger charge is 2.48. The molecule has 4 heterocycles. The smallest absolute Gasteiger partial charge is 0.261 e. The maximum absolute atomic E-state index is 7.16. The summed E-state index contributed by atoms with van der Waals surface area (Å²) in [6.45, 7) is 0.00585. The first-order valence-electron chi connectivity index (χ1n) is 16.1. The van der Waals surface area contributed by atoms with E-state index in [1.807, 2.05) is 12.1 Å². The van der Waals surface area contributed by atoms with Crippen molar-refractivity contribution in [1.29, 1.82) is 0 Å². The van der Waals surface area contributed by atoms with E-state index < -0.39 is 0 Å². The zero-order valence-electron chi connectivity index (χ0n) is 25.2. The Balaban J connectivity index is 1.26. The summed E-state index contributed by atoms with van der Waals surface area (Å²) in [4.78, 5) is 4.82. The fourth-order valence-electron chi connectivity index (χ4n) is 8.23. The number of anilines is 6. The summed E-state index contributed by atoms with van der Waals surface area (Å²) in [5.41, 5.74) is 14.6. The highest BCUT2D eigenvalue weighted by molar-refractivity contribution is 7.01. The van der Waals surface area contributed by atoms with Crippen LogP contribution in [0.2, 0.25) is 0 Å². The summed E-state index contributed by atoms with van der Waals surface area (Å²) in [5, 5.41) is 2.22. The molecule has 0 atom stereocenters. The number of nitrogens with zero attached hydrogens (tertiary/aromatic N) is 2. The fraction of sp³-hybridized carbons (Fsp3) is 0. The van der Waals surface area contributed by atoms with Crippen LogP contribution in [0.5, 0.6) is 11.5 Å². The van der Waals surface area contributed by atoms with E-state index in [9.17, 15) is 0 Å². The van der Waals surface area contributed by atoms with Crippen molar-refractivity contribution in [3.63, 3.8) is 0 Å². The molecule has 0 aliphatic carbocycles. The van der Waals surface area contributed by atoms with Crippen molar-refractivity contribution in [3.8, 4) is 22.6 Å². The second-order valence-electron chi connectivity index (χ2n) is 12.4. The summed E-state index contributed by atoms with van der Waals surface area (Å²) in [6.07, 6.45) is 0. The molecule has 0 radical (unpaired) electrons. The fourth-order valence-corrected chi connectivity index (χ4v) is 8.23. The molecule has 0 amide bonds. The van der Waals surface area contributed by atoms with Crippen LogP contribution in [0.25, 0.3) is 33.1 Å². The molecule has 0 unspecified atom stereocenters. The minimum atomic E-state index is 0.00585. The van der Waals surface area contributed by atoms with Gasteiger partial charge in [-0.15, -0.1) is 0 Å². The van der Waals surface area contributed by atoms with E-state index in [4.69, 9.17) is 9.15 Å². The molecule has 0 spiro atoms. The second-order valence-corrected chi connectivity index (χ2v) is 12.4. The monoisotopic (exact) mass is 600 g/mol. The van der Waals surface area contributed by atoms with Crippen LogP contribution < -0.4 is 30.9 Å². The van der Waals surface area contributed by atoms with E-state index in [0.29, 0.717) is 0 Å². The van der Waals surface area contributed by atoms with Gasteiger partial charge in [-0.2, -0.15) is 0 Å². The first-order chi connectivity index (χ1) is 23.3. The minimum Gasteiger partial charge on any atom is -0.458 e. The highest BCUT2D eigenvalue weighted by Crippen LogP contribution is 2.50. The van der Waals surface area contributed by atoms with Crippen LogP contribution in [0, 0.1) is 0 Å². The maximum atomic E-state index is 7.16. The Morgan fingerprint density at radius 1 is 0.426 bits per heavy atom. The average molecular weight is 600 g/mol. The normalized spacial score (nSPS) is 13.6. The van der Waals surface area contributed by atoms with Crippen molar-refractivity contribution in [2.45, 2.75) is 0 Å². The molecule has 0 saturated carbocycles. The van der Waals surface area contributed by atoms with Gasteiger partial charge in [0.2, 0.25) is 0 Å². The number of hydrogen-bond donors (Lipinski definition) is 0. The molecule has 5 heteroatoms. The van der Waals surface area contributed by atoms with Crippen molar-refractivity contribution in [2.75, 3.05) is 9.80 Å². The number of para-hydroxylation sites is 3. The summed E-state index contributed by atoms with van der Waals surface area (Å²) in [5.74, 6) is 1.81. The molecule has 7 aromatic carbocycles. The Kier molecular flexibility index (Phi) is 4.89. The molecule has 4 nitrogen and oxygen atoms in total. The van der Waals surface area contributed by atoms with Gasteiger partial charge in [0.15, 0.2) is 0 Å². The Hall–Kier alpha value is -6.20. The predicted molar refractivity (Wildman–Crippen MR) is 193 cm³/mol. The van der Waals surface area contributed by atoms with Crippen LogP contribution >= 0.6 is 0 Å². The molecule has 11 rings (SSSR count). The third kappa shape index (κ3) is 3.27. The van der Waals surface area contributed by atoms with Crippen LogP contribution in [0.3, 0.4) is 0 Å². The molecular formula is C42H25BN2O2. The molecule has 3 aliphatic rings. The number of rotatable bonds is 3. The molecular weight excluding hydrogens is 575 g/mol. The van der Waals surface area contributed by atoms with Crippen LogP contribution in [0.1, 0.15) is 0 Å². The van der Waals surface area contributed by atoms with Gasteiger partial charge in [-0.1, -0.05) is 78.9 Å². The quantitative estimate of drug-likeness (QED) is 0.189. The zero-order chi connectivity index (χ0) is 30.6. The van der Waals surface area contributed by atoms with Crippen molar-refractivity contribution in [3.05, 3.63) is 152 Å². The average Bonchev–Trinajstić information content (AvgIpc) is 3.52. The zero-order valence-corrected chi connectivity index (χ0v) is 25.2. The second kappa shape index (κ2) is 9.18. The predicted octanol–water partition coefficient (Wildman–Crippen LogP) is 9.44. The van der Waals surface area contributed by atoms with E-state index in [-0.39, 0.29) is 6.71 Å². The lowest BCUT2D eigenvalue weighted by atomic mass is 9.32. The Morgan fingerprint density at radius 3 is 1.77 bits per heavy atom. The van der Waals surface area contributed by atoms with Gasteiger partial charge in [-0.3, -0.25) is 0 Å². The molecule has 8 aromatic rings. The maximum Gasteiger partial charge on any atom is 0.261 e. The topological polar surface area (TPSA) is 28.9 Å². The number of fused-ring (bicyclic) bond motifs is 3. The summed E-state index contributed by atoms with van der Waals surface area (Å²) in [6, 6.07) is 53.8. The van der Waals surface area contributed by atoms with Crippen LogP contribution in [0.15, 0.2) is 156 Å². The lowest BCUT2D eigenvalue weighted by Crippen LogP contribution is -2.63. The van der Waals surface area contributed by atoms with E-state index >= 15 is 0 Å². The van der Waals surface area contributed by atoms with Gasteiger partial charge < -0.3 is 19.0 Å². The van der Waals surface area contributed by atoms with Gasteiger partial charge in [0, 0.05) is 50.5 Å². The molecule has 3 aliphatic heterocycles. The lowest BCUT2D eigenvalue weighted by molar-refractivity contribution is 0.489. The van der Waals surface area contributed by atoms with Crippen molar-refractivity contribution in [2.24, 2.45) is 0 Å². The first kappa shape index (κ1) is 25.0. The molecule has 218 valence electrons. The first-order valence-corrected chi connectivity index (χ1v) is 16.1. The standard InChI is InChI=1S/C42H25BN2O2/c1-3-12-26(13-4-1)44-31-18-10-19-32-39(31)43-40-33(44)20-11-23-37(40)47-42-29(24-25-34(41(42)43)45(32)27-14-5-2-6-15-27)28-17-9-22-36-38(28)30-16-7-8-21-35(30)46-36/h1-25H. The Bertz CT molecular complexity index is 2560. The third-order valence-corrected chi connectivity index (χ3v) is 10.0.